The van der Waals surface area contributed by atoms with Crippen molar-refractivity contribution in [3.05, 3.63) is 96.6 Å². The number of hydrogen-bond acceptors (Lipinski definition) is 5. The second-order valence-corrected chi connectivity index (χ2v) is 6.65. The predicted molar refractivity (Wildman–Crippen MR) is 117 cm³/mol. The van der Waals surface area contributed by atoms with Gasteiger partial charge in [0.25, 0.3) is 5.91 Å². The Balaban J connectivity index is 1.70. The molecule has 0 radical (unpaired) electrons. The molecule has 0 bridgehead atoms. The van der Waals surface area contributed by atoms with Crippen LogP contribution in [-0.4, -0.2) is 22.4 Å². The van der Waals surface area contributed by atoms with Crippen LogP contribution in [0.15, 0.2) is 89.5 Å². The van der Waals surface area contributed by atoms with Gasteiger partial charge in [-0.25, -0.2) is 9.97 Å². The van der Waals surface area contributed by atoms with Gasteiger partial charge in [0.15, 0.2) is 5.82 Å². The van der Waals surface area contributed by atoms with Gasteiger partial charge in [0.1, 0.15) is 17.3 Å². The maximum atomic E-state index is 13.3. The van der Waals surface area contributed by atoms with E-state index in [1.54, 1.807) is 17.2 Å². The van der Waals surface area contributed by atoms with Crippen molar-refractivity contribution in [2.24, 2.45) is 0 Å². The molecule has 4 rings (SSSR count). The van der Waals surface area contributed by atoms with Crippen molar-refractivity contribution in [2.45, 2.75) is 13.5 Å². The van der Waals surface area contributed by atoms with E-state index < -0.39 is 0 Å². The third-order valence-corrected chi connectivity index (χ3v) is 4.63. The van der Waals surface area contributed by atoms with Gasteiger partial charge >= 0.3 is 0 Å². The number of nitrogens with one attached hydrogen (secondary N) is 1. The summed E-state index contributed by atoms with van der Waals surface area (Å²) in [5.41, 5.74) is 2.00. The van der Waals surface area contributed by atoms with E-state index in [9.17, 15) is 4.79 Å². The Labute approximate surface area is 175 Å². The first-order valence-electron chi connectivity index (χ1n) is 9.82. The number of para-hydroxylation sites is 1. The van der Waals surface area contributed by atoms with Gasteiger partial charge in [-0.2, -0.15) is 0 Å². The smallest absolute Gasteiger partial charge is 0.277 e. The van der Waals surface area contributed by atoms with Crippen molar-refractivity contribution < 1.29 is 9.21 Å². The largest absolute Gasteiger partial charge is 0.467 e. The van der Waals surface area contributed by atoms with E-state index in [1.165, 1.54) is 0 Å². The molecule has 0 aliphatic carbocycles. The molecule has 2 heterocycles. The lowest BCUT2D eigenvalue weighted by Gasteiger charge is -2.21. The van der Waals surface area contributed by atoms with Crippen LogP contribution in [-0.2, 0) is 6.54 Å². The minimum absolute atomic E-state index is 0.177. The summed E-state index contributed by atoms with van der Waals surface area (Å²) >= 11 is 0. The third kappa shape index (κ3) is 4.38. The highest BCUT2D eigenvalue weighted by Crippen LogP contribution is 2.21. The Morgan fingerprint density at radius 3 is 2.37 bits per heavy atom. The molecule has 4 aromatic rings. The summed E-state index contributed by atoms with van der Waals surface area (Å²) in [5.74, 6) is 1.66. The molecule has 6 heteroatoms. The van der Waals surface area contributed by atoms with Crippen molar-refractivity contribution in [3.63, 3.8) is 0 Å². The Hall–Kier alpha value is -3.93. The molecule has 2 aromatic heterocycles. The van der Waals surface area contributed by atoms with Crippen LogP contribution in [0, 0.1) is 0 Å². The van der Waals surface area contributed by atoms with Crippen LogP contribution in [0.5, 0.6) is 0 Å². The van der Waals surface area contributed by atoms with Crippen LogP contribution in [0.1, 0.15) is 23.2 Å². The number of carbonyl (C=O) groups excluding carboxylic acids is 1. The second kappa shape index (κ2) is 9.05. The molecule has 0 spiro atoms. The standard InChI is InChI=1S/C24H22N4O2/c1-2-28(19-12-7-4-8-13-19)24(29)21-16-22(25-17-20-14-9-15-30-20)27-23(26-21)18-10-5-3-6-11-18/h3-16H,2,17H2,1H3,(H,25,26,27). The molecular weight excluding hydrogens is 376 g/mol. The third-order valence-electron chi connectivity index (χ3n) is 4.63. The summed E-state index contributed by atoms with van der Waals surface area (Å²) < 4.78 is 5.38. The molecule has 150 valence electrons. The van der Waals surface area contributed by atoms with Gasteiger partial charge in [0, 0.05) is 23.9 Å². The summed E-state index contributed by atoms with van der Waals surface area (Å²) in [6.07, 6.45) is 1.63. The van der Waals surface area contributed by atoms with Gasteiger partial charge in [-0.15, -0.1) is 0 Å². The zero-order valence-corrected chi connectivity index (χ0v) is 16.7. The highest BCUT2D eigenvalue weighted by Gasteiger charge is 2.20. The minimum Gasteiger partial charge on any atom is -0.467 e. The number of nitrogens with zero attached hydrogens (tertiary/aromatic N) is 3. The first-order chi connectivity index (χ1) is 14.7. The van der Waals surface area contributed by atoms with Crippen molar-refractivity contribution in [1.29, 1.82) is 0 Å². The van der Waals surface area contributed by atoms with Crippen LogP contribution in [0.4, 0.5) is 11.5 Å². The number of rotatable bonds is 7. The lowest BCUT2D eigenvalue weighted by Crippen LogP contribution is -2.31. The molecule has 1 amide bonds. The number of anilines is 2. The zero-order valence-electron chi connectivity index (χ0n) is 16.7. The quantitative estimate of drug-likeness (QED) is 0.473. The Morgan fingerprint density at radius 2 is 1.70 bits per heavy atom. The molecular formula is C24H22N4O2. The minimum atomic E-state index is -0.177. The van der Waals surface area contributed by atoms with Crippen LogP contribution in [0.25, 0.3) is 11.4 Å². The zero-order chi connectivity index (χ0) is 20.8. The average Bonchev–Trinajstić information content (AvgIpc) is 3.33. The predicted octanol–water partition coefficient (Wildman–Crippen LogP) is 5.02. The van der Waals surface area contributed by atoms with Crippen molar-refractivity contribution >= 4 is 17.4 Å². The summed E-state index contributed by atoms with van der Waals surface area (Å²) in [7, 11) is 0. The molecule has 0 unspecified atom stereocenters. The Bertz CT molecular complexity index is 1100. The molecule has 0 saturated carbocycles. The summed E-state index contributed by atoms with van der Waals surface area (Å²) in [6.45, 7) is 2.94. The SMILES string of the molecule is CCN(C(=O)c1cc(NCc2ccco2)nc(-c2ccccc2)n1)c1ccccc1. The van der Waals surface area contributed by atoms with Crippen LogP contribution in [0.2, 0.25) is 0 Å². The van der Waals surface area contributed by atoms with Gasteiger partial charge < -0.3 is 14.6 Å². The molecule has 0 atom stereocenters. The Morgan fingerprint density at radius 1 is 0.967 bits per heavy atom. The lowest BCUT2D eigenvalue weighted by atomic mass is 10.2. The maximum Gasteiger partial charge on any atom is 0.277 e. The fourth-order valence-electron chi connectivity index (χ4n) is 3.14. The summed E-state index contributed by atoms with van der Waals surface area (Å²) in [6, 6.07) is 24.6. The van der Waals surface area contributed by atoms with Crippen LogP contribution >= 0.6 is 0 Å². The van der Waals surface area contributed by atoms with E-state index in [4.69, 9.17) is 4.42 Å². The lowest BCUT2D eigenvalue weighted by molar-refractivity contribution is 0.0983. The number of aromatic nitrogens is 2. The molecule has 0 saturated heterocycles. The molecule has 0 fully saturated rings. The topological polar surface area (TPSA) is 71.3 Å². The van der Waals surface area contributed by atoms with E-state index in [0.29, 0.717) is 30.4 Å². The second-order valence-electron chi connectivity index (χ2n) is 6.65. The first-order valence-corrected chi connectivity index (χ1v) is 9.82. The fourth-order valence-corrected chi connectivity index (χ4v) is 3.14. The van der Waals surface area contributed by atoms with Crippen LogP contribution in [0.3, 0.4) is 0 Å². The monoisotopic (exact) mass is 398 g/mol. The van der Waals surface area contributed by atoms with Crippen molar-refractivity contribution in [1.82, 2.24) is 9.97 Å². The molecule has 1 N–H and O–H groups in total. The van der Waals surface area contributed by atoms with Gasteiger partial charge in [-0.1, -0.05) is 48.5 Å². The number of benzene rings is 2. The van der Waals surface area contributed by atoms with E-state index in [2.05, 4.69) is 15.3 Å². The first kappa shape index (κ1) is 19.4. The van der Waals surface area contributed by atoms with Gasteiger partial charge in [0.05, 0.1) is 12.8 Å². The number of hydrogen-bond donors (Lipinski definition) is 1. The number of amides is 1. The number of furan rings is 1. The van der Waals surface area contributed by atoms with Gasteiger partial charge in [-0.05, 0) is 31.2 Å². The van der Waals surface area contributed by atoms with Crippen molar-refractivity contribution in [3.8, 4) is 11.4 Å². The van der Waals surface area contributed by atoms with E-state index in [-0.39, 0.29) is 5.91 Å². The fraction of sp³-hybridized carbons (Fsp3) is 0.125. The van der Waals surface area contributed by atoms with E-state index in [0.717, 1.165) is 17.0 Å². The molecule has 2 aromatic carbocycles. The van der Waals surface area contributed by atoms with E-state index >= 15 is 0 Å². The molecule has 30 heavy (non-hydrogen) atoms. The van der Waals surface area contributed by atoms with Gasteiger partial charge in [-0.3, -0.25) is 4.79 Å². The highest BCUT2D eigenvalue weighted by atomic mass is 16.3. The van der Waals surface area contributed by atoms with Gasteiger partial charge in [0.2, 0.25) is 0 Å². The summed E-state index contributed by atoms with van der Waals surface area (Å²) in [4.78, 5) is 24.2. The summed E-state index contributed by atoms with van der Waals surface area (Å²) in [5, 5.41) is 3.23. The van der Waals surface area contributed by atoms with Crippen molar-refractivity contribution in [2.75, 3.05) is 16.8 Å². The van der Waals surface area contributed by atoms with Crippen LogP contribution < -0.4 is 10.2 Å². The average molecular weight is 398 g/mol. The highest BCUT2D eigenvalue weighted by molar-refractivity contribution is 6.05. The van der Waals surface area contributed by atoms with E-state index in [1.807, 2.05) is 79.7 Å². The molecule has 6 nitrogen and oxygen atoms in total. The Kier molecular flexibility index (Phi) is 5.85. The molecule has 0 aliphatic heterocycles. The molecule has 0 aliphatic rings. The number of carbonyl (C=O) groups is 1. The maximum absolute atomic E-state index is 13.3. The normalized spacial score (nSPS) is 10.6.